The summed E-state index contributed by atoms with van der Waals surface area (Å²) in [5.41, 5.74) is 1.50. The highest BCUT2D eigenvalue weighted by molar-refractivity contribution is 7.16. The summed E-state index contributed by atoms with van der Waals surface area (Å²) in [6, 6.07) is 8.21. The highest BCUT2D eigenvalue weighted by Gasteiger charge is 2.17. The second kappa shape index (κ2) is 7.15. The predicted octanol–water partition coefficient (Wildman–Crippen LogP) is 4.22. The van der Waals surface area contributed by atoms with E-state index in [9.17, 15) is 9.18 Å². The Morgan fingerprint density at radius 3 is 2.79 bits per heavy atom. The van der Waals surface area contributed by atoms with Crippen LogP contribution in [0.2, 0.25) is 5.02 Å². The van der Waals surface area contributed by atoms with E-state index in [0.717, 1.165) is 16.4 Å². The molecule has 124 valence electrons. The van der Waals surface area contributed by atoms with Gasteiger partial charge in [-0.25, -0.2) is 9.37 Å². The number of benzene rings is 1. The Kier molecular flexibility index (Phi) is 4.97. The van der Waals surface area contributed by atoms with Gasteiger partial charge in [0.1, 0.15) is 10.7 Å². The number of aromatic nitrogens is 2. The van der Waals surface area contributed by atoms with Gasteiger partial charge in [0.25, 0.3) is 5.91 Å². The number of hydrogen-bond acceptors (Lipinski definition) is 3. The van der Waals surface area contributed by atoms with Crippen LogP contribution in [0, 0.1) is 5.82 Å². The highest BCUT2D eigenvalue weighted by Crippen LogP contribution is 2.23. The maximum absolute atomic E-state index is 13.2. The van der Waals surface area contributed by atoms with Gasteiger partial charge in [-0.1, -0.05) is 35.9 Å². The van der Waals surface area contributed by atoms with Crippen molar-refractivity contribution < 1.29 is 9.18 Å². The lowest BCUT2D eigenvalue weighted by atomic mass is 10.2. The standard InChI is InChI=1S/C17H15ClFN3OS/c1-2-14-15(24-17(21-14)22-7-3-4-8-22)16(23)20-10-11-5-6-13(19)12(18)9-11/h3-9H,2,10H2,1H3,(H,20,23). The first kappa shape index (κ1) is 16.7. The van der Waals surface area contributed by atoms with E-state index in [1.54, 1.807) is 6.07 Å². The molecular weight excluding hydrogens is 349 g/mol. The molecule has 0 bridgehead atoms. The van der Waals surface area contributed by atoms with E-state index in [4.69, 9.17) is 11.6 Å². The number of rotatable bonds is 5. The molecule has 1 aromatic carbocycles. The zero-order valence-corrected chi connectivity index (χ0v) is 14.5. The zero-order chi connectivity index (χ0) is 17.1. The van der Waals surface area contributed by atoms with E-state index in [0.29, 0.717) is 11.3 Å². The van der Waals surface area contributed by atoms with Crippen molar-refractivity contribution >= 4 is 28.8 Å². The molecule has 4 nitrogen and oxygen atoms in total. The van der Waals surface area contributed by atoms with Crippen LogP contribution in [0.25, 0.3) is 5.13 Å². The third-order valence-electron chi connectivity index (χ3n) is 3.49. The number of nitrogens with one attached hydrogen (secondary N) is 1. The number of hydrogen-bond donors (Lipinski definition) is 1. The van der Waals surface area contributed by atoms with Crippen LogP contribution < -0.4 is 5.32 Å². The fraction of sp³-hybridized carbons (Fsp3) is 0.176. The van der Waals surface area contributed by atoms with Gasteiger partial charge in [-0.15, -0.1) is 0 Å². The number of thiazole rings is 1. The Balaban J connectivity index is 1.75. The van der Waals surface area contributed by atoms with Crippen LogP contribution in [0.15, 0.2) is 42.7 Å². The normalized spacial score (nSPS) is 10.8. The Hall–Kier alpha value is -2.18. The molecule has 0 saturated carbocycles. The minimum absolute atomic E-state index is 0.0451. The average Bonchev–Trinajstić information content (AvgIpc) is 3.24. The van der Waals surface area contributed by atoms with E-state index in [-0.39, 0.29) is 17.5 Å². The van der Waals surface area contributed by atoms with Crippen LogP contribution in [0.3, 0.4) is 0 Å². The second-order valence-corrected chi connectivity index (χ2v) is 6.53. The first-order chi connectivity index (χ1) is 11.6. The molecule has 3 aromatic rings. The summed E-state index contributed by atoms with van der Waals surface area (Å²) >= 11 is 7.10. The lowest BCUT2D eigenvalue weighted by Gasteiger charge is -2.05. The third-order valence-corrected chi connectivity index (χ3v) is 4.89. The lowest BCUT2D eigenvalue weighted by molar-refractivity contribution is 0.0954. The Bertz CT molecular complexity index is 861. The van der Waals surface area contributed by atoms with Gasteiger partial charge in [0.05, 0.1) is 10.7 Å². The molecule has 2 heterocycles. The molecule has 0 radical (unpaired) electrons. The topological polar surface area (TPSA) is 46.9 Å². The first-order valence-electron chi connectivity index (χ1n) is 7.43. The highest BCUT2D eigenvalue weighted by atomic mass is 35.5. The van der Waals surface area contributed by atoms with E-state index < -0.39 is 5.82 Å². The molecule has 3 rings (SSSR count). The molecular formula is C17H15ClFN3OS. The Labute approximate surface area is 147 Å². The van der Waals surface area contributed by atoms with Gasteiger partial charge >= 0.3 is 0 Å². The van der Waals surface area contributed by atoms with Crippen LogP contribution in [0.4, 0.5) is 4.39 Å². The van der Waals surface area contributed by atoms with Crippen LogP contribution in [-0.4, -0.2) is 15.5 Å². The van der Waals surface area contributed by atoms with Crippen LogP contribution in [0.5, 0.6) is 0 Å². The largest absolute Gasteiger partial charge is 0.347 e. The van der Waals surface area contributed by atoms with Gasteiger partial charge in [0.2, 0.25) is 0 Å². The minimum Gasteiger partial charge on any atom is -0.347 e. The van der Waals surface area contributed by atoms with Gasteiger partial charge in [-0.2, -0.15) is 0 Å². The average molecular weight is 364 g/mol. The monoisotopic (exact) mass is 363 g/mol. The molecule has 0 spiro atoms. The third kappa shape index (κ3) is 3.49. The first-order valence-corrected chi connectivity index (χ1v) is 8.63. The van der Waals surface area contributed by atoms with Crippen molar-refractivity contribution in [1.82, 2.24) is 14.9 Å². The molecule has 1 amide bonds. The number of aryl methyl sites for hydroxylation is 1. The van der Waals surface area contributed by atoms with E-state index in [1.807, 2.05) is 36.0 Å². The molecule has 2 aromatic heterocycles. The Morgan fingerprint density at radius 2 is 2.12 bits per heavy atom. The summed E-state index contributed by atoms with van der Waals surface area (Å²) in [7, 11) is 0. The van der Waals surface area contributed by atoms with Crippen molar-refractivity contribution in [2.24, 2.45) is 0 Å². The van der Waals surface area contributed by atoms with Gasteiger partial charge < -0.3 is 9.88 Å². The molecule has 0 aliphatic carbocycles. The van der Waals surface area contributed by atoms with Crippen molar-refractivity contribution in [2.75, 3.05) is 0 Å². The van der Waals surface area contributed by atoms with Crippen molar-refractivity contribution in [2.45, 2.75) is 19.9 Å². The number of amides is 1. The van der Waals surface area contributed by atoms with E-state index in [2.05, 4.69) is 10.3 Å². The quantitative estimate of drug-likeness (QED) is 0.737. The molecule has 0 aliphatic rings. The fourth-order valence-corrected chi connectivity index (χ4v) is 3.48. The van der Waals surface area contributed by atoms with Crippen molar-refractivity contribution in [3.8, 4) is 5.13 Å². The molecule has 0 fully saturated rings. The van der Waals surface area contributed by atoms with Crippen LogP contribution >= 0.6 is 22.9 Å². The van der Waals surface area contributed by atoms with Crippen molar-refractivity contribution in [1.29, 1.82) is 0 Å². The number of carbonyl (C=O) groups excluding carboxylic acids is 1. The maximum atomic E-state index is 13.2. The van der Waals surface area contributed by atoms with E-state index in [1.165, 1.54) is 23.5 Å². The molecule has 0 saturated heterocycles. The smallest absolute Gasteiger partial charge is 0.263 e. The molecule has 24 heavy (non-hydrogen) atoms. The van der Waals surface area contributed by atoms with Gasteiger partial charge in [0, 0.05) is 18.9 Å². The minimum atomic E-state index is -0.473. The van der Waals surface area contributed by atoms with E-state index >= 15 is 0 Å². The summed E-state index contributed by atoms with van der Waals surface area (Å²) in [5, 5.41) is 3.64. The molecule has 0 atom stereocenters. The van der Waals surface area contributed by atoms with Crippen LogP contribution in [0.1, 0.15) is 27.9 Å². The fourth-order valence-electron chi connectivity index (χ4n) is 2.24. The van der Waals surface area contributed by atoms with Crippen LogP contribution in [-0.2, 0) is 13.0 Å². The van der Waals surface area contributed by atoms with Gasteiger partial charge in [-0.05, 0) is 36.2 Å². The number of halogens is 2. The predicted molar refractivity (Wildman–Crippen MR) is 93.4 cm³/mol. The summed E-state index contributed by atoms with van der Waals surface area (Å²) in [6.07, 6.45) is 4.45. The van der Waals surface area contributed by atoms with Crippen molar-refractivity contribution in [3.63, 3.8) is 0 Å². The molecule has 1 N–H and O–H groups in total. The summed E-state index contributed by atoms with van der Waals surface area (Å²) in [4.78, 5) is 17.6. The number of carbonyl (C=O) groups is 1. The molecule has 0 unspecified atom stereocenters. The lowest BCUT2D eigenvalue weighted by Crippen LogP contribution is -2.22. The second-order valence-electron chi connectivity index (χ2n) is 5.15. The zero-order valence-electron chi connectivity index (χ0n) is 12.9. The van der Waals surface area contributed by atoms with Gasteiger partial charge in [0.15, 0.2) is 5.13 Å². The maximum Gasteiger partial charge on any atom is 0.263 e. The van der Waals surface area contributed by atoms with Gasteiger partial charge in [-0.3, -0.25) is 4.79 Å². The molecule has 0 aliphatic heterocycles. The summed E-state index contributed by atoms with van der Waals surface area (Å²) in [6.45, 7) is 2.24. The van der Waals surface area contributed by atoms with Crippen molar-refractivity contribution in [3.05, 3.63) is 69.7 Å². The summed E-state index contributed by atoms with van der Waals surface area (Å²) < 4.78 is 15.0. The summed E-state index contributed by atoms with van der Waals surface area (Å²) in [5.74, 6) is -0.665. The number of nitrogens with zero attached hydrogens (tertiary/aromatic N) is 2. The Morgan fingerprint density at radius 1 is 1.38 bits per heavy atom. The SMILES string of the molecule is CCc1nc(-n2cccc2)sc1C(=O)NCc1ccc(F)c(Cl)c1. The molecule has 7 heteroatoms.